The molecule has 0 amide bonds. The lowest BCUT2D eigenvalue weighted by molar-refractivity contribution is -0.207. The van der Waals surface area contributed by atoms with Gasteiger partial charge in [-0.25, -0.2) is 4.79 Å². The maximum Gasteiger partial charge on any atom is 0.417 e. The molecule has 7 heteroatoms. The van der Waals surface area contributed by atoms with Crippen molar-refractivity contribution < 1.29 is 23.1 Å². The maximum absolute atomic E-state index is 13.0. The van der Waals surface area contributed by atoms with Crippen LogP contribution in [0.15, 0.2) is 18.3 Å². The van der Waals surface area contributed by atoms with Gasteiger partial charge in [0.15, 0.2) is 0 Å². The lowest BCUT2D eigenvalue weighted by atomic mass is 9.82. The Hall–Kier alpha value is -1.63. The highest BCUT2D eigenvalue weighted by Crippen LogP contribution is 2.45. The summed E-state index contributed by atoms with van der Waals surface area (Å²) in [6, 6.07) is 3.24. The minimum absolute atomic E-state index is 0.0364. The average molecular weight is 260 g/mol. The van der Waals surface area contributed by atoms with E-state index in [1.54, 1.807) is 12.1 Å². The number of aliphatic carboxylic acids is 1. The Labute approximate surface area is 101 Å². The molecular weight excluding hydrogens is 249 g/mol. The molecule has 2 atom stereocenters. The maximum atomic E-state index is 13.0. The van der Waals surface area contributed by atoms with Crippen LogP contribution in [0.3, 0.4) is 0 Å². The molecule has 0 spiro atoms. The van der Waals surface area contributed by atoms with E-state index < -0.39 is 23.6 Å². The largest absolute Gasteiger partial charge is 0.480 e. The van der Waals surface area contributed by atoms with Crippen LogP contribution in [0, 0.1) is 0 Å². The first-order valence-electron chi connectivity index (χ1n) is 5.31. The highest BCUT2D eigenvalue weighted by atomic mass is 19.4. The van der Waals surface area contributed by atoms with Gasteiger partial charge in [-0.05, 0) is 24.5 Å². The lowest BCUT2D eigenvalue weighted by Gasteiger charge is -2.32. The molecule has 0 aliphatic heterocycles. The van der Waals surface area contributed by atoms with Gasteiger partial charge in [0.2, 0.25) is 5.54 Å². The Morgan fingerprint density at radius 1 is 1.50 bits per heavy atom. The number of hydrogen-bond acceptors (Lipinski definition) is 3. The molecule has 0 fully saturated rings. The van der Waals surface area contributed by atoms with E-state index in [9.17, 15) is 18.0 Å². The molecule has 2 rings (SSSR count). The summed E-state index contributed by atoms with van der Waals surface area (Å²) in [6.45, 7) is 0. The molecule has 0 saturated heterocycles. The predicted molar refractivity (Wildman–Crippen MR) is 55.9 cm³/mol. The van der Waals surface area contributed by atoms with E-state index in [-0.39, 0.29) is 12.1 Å². The Morgan fingerprint density at radius 3 is 2.72 bits per heavy atom. The second-order valence-corrected chi connectivity index (χ2v) is 4.31. The molecule has 1 aliphatic carbocycles. The molecule has 0 aromatic carbocycles. The Morgan fingerprint density at radius 2 is 2.17 bits per heavy atom. The van der Waals surface area contributed by atoms with Crippen LogP contribution in [-0.4, -0.2) is 27.8 Å². The third kappa shape index (κ3) is 1.66. The van der Waals surface area contributed by atoms with Crippen LogP contribution in [-0.2, 0) is 11.2 Å². The number of carboxylic acids is 1. The van der Waals surface area contributed by atoms with Crippen LogP contribution >= 0.6 is 0 Å². The second kappa shape index (κ2) is 3.94. The summed E-state index contributed by atoms with van der Waals surface area (Å²) in [6.07, 6.45) is -3.29. The molecule has 98 valence electrons. The van der Waals surface area contributed by atoms with Gasteiger partial charge in [0.05, 0.1) is 0 Å². The van der Waals surface area contributed by atoms with Crippen molar-refractivity contribution in [3.8, 4) is 0 Å². The van der Waals surface area contributed by atoms with Gasteiger partial charge in [-0.3, -0.25) is 4.98 Å². The van der Waals surface area contributed by atoms with E-state index in [1.165, 1.54) is 6.20 Å². The number of halogens is 3. The van der Waals surface area contributed by atoms with Crippen molar-refractivity contribution in [2.75, 3.05) is 0 Å². The summed E-state index contributed by atoms with van der Waals surface area (Å²) in [4.78, 5) is 14.9. The summed E-state index contributed by atoms with van der Waals surface area (Å²) in [5.74, 6) is -3.41. The number of carbonyl (C=O) groups is 1. The summed E-state index contributed by atoms with van der Waals surface area (Å²) in [7, 11) is 0. The molecule has 18 heavy (non-hydrogen) atoms. The van der Waals surface area contributed by atoms with Gasteiger partial charge in [0, 0.05) is 17.8 Å². The van der Waals surface area contributed by atoms with Crippen LogP contribution in [0.25, 0.3) is 0 Å². The number of alkyl halides is 3. The van der Waals surface area contributed by atoms with E-state index >= 15 is 0 Å². The van der Waals surface area contributed by atoms with Crippen molar-refractivity contribution in [3.05, 3.63) is 29.6 Å². The highest BCUT2D eigenvalue weighted by Gasteiger charge is 2.64. The van der Waals surface area contributed by atoms with Crippen molar-refractivity contribution >= 4 is 5.97 Å². The second-order valence-electron chi connectivity index (χ2n) is 4.31. The van der Waals surface area contributed by atoms with E-state index in [2.05, 4.69) is 4.98 Å². The topological polar surface area (TPSA) is 76.2 Å². The number of aryl methyl sites for hydroxylation is 1. The van der Waals surface area contributed by atoms with Crippen molar-refractivity contribution in [3.63, 3.8) is 0 Å². The van der Waals surface area contributed by atoms with Gasteiger partial charge in [0.25, 0.3) is 0 Å². The fraction of sp³-hybridized carbons (Fsp3) is 0.455. The fourth-order valence-corrected chi connectivity index (χ4v) is 2.32. The number of rotatable bonds is 2. The van der Waals surface area contributed by atoms with Crippen LogP contribution in [0.4, 0.5) is 13.2 Å². The number of nitrogens with two attached hydrogens (primary N) is 1. The van der Waals surface area contributed by atoms with E-state index in [0.29, 0.717) is 12.0 Å². The Balaban J connectivity index is 2.51. The molecule has 0 saturated carbocycles. The molecule has 4 nitrogen and oxygen atoms in total. The van der Waals surface area contributed by atoms with E-state index in [0.717, 1.165) is 0 Å². The zero-order valence-electron chi connectivity index (χ0n) is 9.24. The van der Waals surface area contributed by atoms with E-state index in [1.807, 2.05) is 0 Å². The zero-order chi connectivity index (χ0) is 13.6. The van der Waals surface area contributed by atoms with Gasteiger partial charge in [0.1, 0.15) is 0 Å². The zero-order valence-corrected chi connectivity index (χ0v) is 9.24. The number of fused-ring (bicyclic) bond motifs is 1. The fourth-order valence-electron chi connectivity index (χ4n) is 2.32. The third-order valence-electron chi connectivity index (χ3n) is 3.33. The summed E-state index contributed by atoms with van der Waals surface area (Å²) in [5.41, 5.74) is 2.65. The molecule has 1 aromatic rings. The summed E-state index contributed by atoms with van der Waals surface area (Å²) in [5, 5.41) is 8.88. The minimum atomic E-state index is -5.03. The molecule has 1 heterocycles. The Kier molecular flexibility index (Phi) is 2.81. The van der Waals surface area contributed by atoms with Gasteiger partial charge >= 0.3 is 12.1 Å². The number of hydrogen-bond donors (Lipinski definition) is 2. The van der Waals surface area contributed by atoms with Crippen molar-refractivity contribution in [2.24, 2.45) is 5.73 Å². The van der Waals surface area contributed by atoms with E-state index in [4.69, 9.17) is 10.8 Å². The van der Waals surface area contributed by atoms with Crippen molar-refractivity contribution in [2.45, 2.75) is 30.5 Å². The molecule has 0 radical (unpaired) electrons. The first-order chi connectivity index (χ1) is 8.28. The normalized spacial score (nSPS) is 22.3. The molecular formula is C11H11F3N2O2. The first-order valence-corrected chi connectivity index (χ1v) is 5.31. The SMILES string of the molecule is NC(C(=O)O)(C1CCc2cccnc21)C(F)(F)F. The molecule has 3 N–H and O–H groups in total. The number of pyridine rings is 1. The molecule has 0 bridgehead atoms. The third-order valence-corrected chi connectivity index (χ3v) is 3.33. The van der Waals surface area contributed by atoms with Crippen molar-refractivity contribution in [1.82, 2.24) is 4.98 Å². The molecule has 1 aliphatic rings. The summed E-state index contributed by atoms with van der Waals surface area (Å²) >= 11 is 0. The van der Waals surface area contributed by atoms with Gasteiger partial charge < -0.3 is 10.8 Å². The van der Waals surface area contributed by atoms with Gasteiger partial charge in [-0.15, -0.1) is 0 Å². The molecule has 1 aromatic heterocycles. The van der Waals surface area contributed by atoms with Crippen molar-refractivity contribution in [1.29, 1.82) is 0 Å². The average Bonchev–Trinajstić information content (AvgIpc) is 2.70. The predicted octanol–water partition coefficient (Wildman–Crippen LogP) is 1.46. The van der Waals surface area contributed by atoms with Gasteiger partial charge in [-0.2, -0.15) is 13.2 Å². The van der Waals surface area contributed by atoms with Crippen LogP contribution in [0.2, 0.25) is 0 Å². The van der Waals surface area contributed by atoms with Crippen LogP contribution in [0.1, 0.15) is 23.6 Å². The lowest BCUT2D eigenvalue weighted by Crippen LogP contribution is -2.63. The van der Waals surface area contributed by atoms with Crippen LogP contribution in [0.5, 0.6) is 0 Å². The Bertz CT molecular complexity index is 489. The smallest absolute Gasteiger partial charge is 0.417 e. The monoisotopic (exact) mass is 260 g/mol. The number of carboxylic acid groups (broad SMARTS) is 1. The van der Waals surface area contributed by atoms with Crippen LogP contribution < -0.4 is 5.73 Å². The number of aromatic nitrogens is 1. The molecule has 2 unspecified atom stereocenters. The quantitative estimate of drug-likeness (QED) is 0.844. The highest BCUT2D eigenvalue weighted by molar-refractivity contribution is 5.81. The summed E-state index contributed by atoms with van der Waals surface area (Å²) < 4.78 is 38.9. The minimum Gasteiger partial charge on any atom is -0.480 e. The standard InChI is InChI=1S/C11H11F3N2O2/c12-11(13,14)10(15,9(17)18)7-4-3-6-2-1-5-16-8(6)7/h1-2,5,7H,3-4,15H2,(H,17,18). The first kappa shape index (κ1) is 12.8. The number of nitrogens with zero attached hydrogens (tertiary/aromatic N) is 1. The van der Waals surface area contributed by atoms with Gasteiger partial charge in [-0.1, -0.05) is 6.07 Å².